The molecule has 0 heterocycles. The monoisotopic (exact) mass is 391 g/mol. The zero-order chi connectivity index (χ0) is 22.6. The maximum Gasteiger partial charge on any atom is 0.404 e. The van der Waals surface area contributed by atoms with Crippen LogP contribution in [0, 0.1) is 0 Å². The predicted molar refractivity (Wildman–Crippen MR) is 99.2 cm³/mol. The Morgan fingerprint density at radius 2 is 1.26 bits per heavy atom. The van der Waals surface area contributed by atoms with Gasteiger partial charge in [0.2, 0.25) is 0 Å². The fraction of sp³-hybridized carbons (Fsp3) is 0.412. The second-order valence-electron chi connectivity index (χ2n) is 4.63. The number of primary amides is 1. The maximum atomic E-state index is 10.1. The van der Waals surface area contributed by atoms with E-state index in [0.717, 1.165) is 0 Å². The Kier molecular flexibility index (Phi) is 24.5. The molecule has 0 aliphatic rings. The fourth-order valence-electron chi connectivity index (χ4n) is 0.511. The highest BCUT2D eigenvalue weighted by Gasteiger charge is 1.96. The molecule has 1 amide bonds. The topological polar surface area (TPSA) is 184 Å². The van der Waals surface area contributed by atoms with E-state index in [0.29, 0.717) is 13.0 Å². The molecule has 0 rings (SSSR count). The van der Waals surface area contributed by atoms with Crippen molar-refractivity contribution in [3.8, 4) is 0 Å². The van der Waals surface area contributed by atoms with Gasteiger partial charge in [-0.25, -0.2) is 19.2 Å². The number of carboxylic acids is 3. The number of ether oxygens (including phenoxy) is 1. The van der Waals surface area contributed by atoms with Crippen molar-refractivity contribution < 1.29 is 44.3 Å². The van der Waals surface area contributed by atoms with E-state index in [9.17, 15) is 19.2 Å². The molecule has 0 aromatic heterocycles. The average Bonchev–Trinajstić information content (AvgIpc) is 2.53. The quantitative estimate of drug-likeness (QED) is 0.421. The lowest BCUT2D eigenvalue weighted by Crippen LogP contribution is -2.11. The molecule has 0 aromatic rings. The lowest BCUT2D eigenvalue weighted by molar-refractivity contribution is -0.133. The van der Waals surface area contributed by atoms with Gasteiger partial charge >= 0.3 is 24.0 Å². The molecule has 10 heteroatoms. The Bertz CT molecular complexity index is 489. The van der Waals surface area contributed by atoms with E-state index in [1.807, 2.05) is 0 Å². The zero-order valence-corrected chi connectivity index (χ0v) is 16.0. The van der Waals surface area contributed by atoms with Crippen LogP contribution in [0.2, 0.25) is 0 Å². The van der Waals surface area contributed by atoms with Crippen molar-refractivity contribution >= 4 is 24.0 Å². The molecule has 0 spiro atoms. The van der Waals surface area contributed by atoms with E-state index < -0.39 is 24.0 Å². The molecule has 0 aliphatic carbocycles. The van der Waals surface area contributed by atoms with Crippen molar-refractivity contribution in [3.05, 3.63) is 36.0 Å². The summed E-state index contributed by atoms with van der Waals surface area (Å²) in [5, 5.41) is 32.3. The van der Waals surface area contributed by atoms with E-state index >= 15 is 0 Å². The van der Waals surface area contributed by atoms with Gasteiger partial charge in [0, 0.05) is 23.3 Å². The summed E-state index contributed by atoms with van der Waals surface area (Å²) in [6.07, 6.45) is 1.19. The van der Waals surface area contributed by atoms with Crippen LogP contribution < -0.4 is 5.73 Å². The van der Waals surface area contributed by atoms with Gasteiger partial charge in [-0.3, -0.25) is 0 Å². The number of nitrogens with two attached hydrogens (primary N) is 1. The molecule has 0 saturated carbocycles. The van der Waals surface area contributed by atoms with Crippen LogP contribution in [0.4, 0.5) is 4.79 Å². The van der Waals surface area contributed by atoms with Crippen LogP contribution in [0.15, 0.2) is 36.0 Å². The molecule has 0 unspecified atom stereocenters. The second kappa shape index (κ2) is 20.9. The SMILES string of the molecule is C=C(C)C(=O)O.C=C(C)C(=O)O.CC(=CCCO)C(=O)O.CCOC(N)=O. The van der Waals surface area contributed by atoms with Crippen molar-refractivity contribution in [1.82, 2.24) is 0 Å². The van der Waals surface area contributed by atoms with Gasteiger partial charge in [0.05, 0.1) is 6.61 Å². The summed E-state index contributed by atoms with van der Waals surface area (Å²) in [4.78, 5) is 38.9. The third kappa shape index (κ3) is 39.5. The van der Waals surface area contributed by atoms with E-state index in [1.165, 1.54) is 26.8 Å². The molecule has 156 valence electrons. The first-order chi connectivity index (χ1) is 12.2. The van der Waals surface area contributed by atoms with Crippen molar-refractivity contribution in [1.29, 1.82) is 0 Å². The third-order valence-electron chi connectivity index (χ3n) is 1.93. The first-order valence-electron chi connectivity index (χ1n) is 7.45. The van der Waals surface area contributed by atoms with Gasteiger partial charge in [0.1, 0.15) is 0 Å². The van der Waals surface area contributed by atoms with Crippen LogP contribution in [0.25, 0.3) is 0 Å². The number of carboxylic acid groups (broad SMARTS) is 3. The number of aliphatic hydroxyl groups is 1. The normalized spacial score (nSPS) is 8.85. The Balaban J connectivity index is -0.000000133. The average molecular weight is 391 g/mol. The molecule has 0 radical (unpaired) electrons. The van der Waals surface area contributed by atoms with Crippen molar-refractivity contribution in [2.45, 2.75) is 34.1 Å². The summed E-state index contributed by atoms with van der Waals surface area (Å²) in [7, 11) is 0. The van der Waals surface area contributed by atoms with Gasteiger partial charge in [-0.05, 0) is 34.1 Å². The molecule has 10 nitrogen and oxygen atoms in total. The molecule has 0 atom stereocenters. The number of aliphatic hydroxyl groups excluding tert-OH is 1. The molecule has 27 heavy (non-hydrogen) atoms. The lowest BCUT2D eigenvalue weighted by atomic mass is 10.2. The van der Waals surface area contributed by atoms with Gasteiger partial charge in [0.25, 0.3) is 0 Å². The molecular formula is C17H29NO9. The Labute approximate surface area is 158 Å². The molecular weight excluding hydrogens is 362 g/mol. The highest BCUT2D eigenvalue weighted by molar-refractivity contribution is 5.86. The minimum Gasteiger partial charge on any atom is -0.478 e. The van der Waals surface area contributed by atoms with Crippen LogP contribution in [0.5, 0.6) is 0 Å². The summed E-state index contributed by atoms with van der Waals surface area (Å²) >= 11 is 0. The van der Waals surface area contributed by atoms with Crippen LogP contribution in [0.1, 0.15) is 34.1 Å². The summed E-state index contributed by atoms with van der Waals surface area (Å²) in [5.74, 6) is -2.80. The minimum atomic E-state index is -0.935. The highest BCUT2D eigenvalue weighted by atomic mass is 16.5. The summed E-state index contributed by atoms with van der Waals surface area (Å²) in [6.45, 7) is 12.8. The number of carbonyl (C=O) groups excluding carboxylic acids is 1. The molecule has 0 fully saturated rings. The van der Waals surface area contributed by atoms with Crippen molar-refractivity contribution in [3.63, 3.8) is 0 Å². The van der Waals surface area contributed by atoms with Gasteiger partial charge in [-0.1, -0.05) is 19.2 Å². The van der Waals surface area contributed by atoms with Crippen LogP contribution in [-0.2, 0) is 19.1 Å². The number of aliphatic carboxylic acids is 3. The van der Waals surface area contributed by atoms with Crippen LogP contribution in [-0.4, -0.2) is 57.6 Å². The number of hydrogen-bond donors (Lipinski definition) is 5. The van der Waals surface area contributed by atoms with Crippen molar-refractivity contribution in [2.24, 2.45) is 5.73 Å². The fourth-order valence-corrected chi connectivity index (χ4v) is 0.511. The molecule has 0 aromatic carbocycles. The standard InChI is InChI=1S/C6H10O3.2C4H6O2.C3H7NO2/c1-5(6(8)9)3-2-4-7;2*1-3(2)4(5)6;1-2-6-3(4)5/h3,7H,2,4H2,1H3,(H,8,9);2*1H2,2H3,(H,5,6);2H2,1H3,(H2,4,5). The lowest BCUT2D eigenvalue weighted by Gasteiger charge is -1.89. The first-order valence-corrected chi connectivity index (χ1v) is 7.45. The number of amides is 1. The largest absolute Gasteiger partial charge is 0.478 e. The molecule has 0 bridgehead atoms. The zero-order valence-electron chi connectivity index (χ0n) is 16.0. The smallest absolute Gasteiger partial charge is 0.404 e. The summed E-state index contributed by atoms with van der Waals surface area (Å²) < 4.78 is 4.18. The van der Waals surface area contributed by atoms with Crippen molar-refractivity contribution in [2.75, 3.05) is 13.2 Å². The Morgan fingerprint density at radius 1 is 0.926 bits per heavy atom. The van der Waals surface area contributed by atoms with E-state index in [2.05, 4.69) is 23.6 Å². The van der Waals surface area contributed by atoms with Gasteiger partial charge in [0.15, 0.2) is 0 Å². The highest BCUT2D eigenvalue weighted by Crippen LogP contribution is 1.93. The molecule has 6 N–H and O–H groups in total. The minimum absolute atomic E-state index is 0.00458. The molecule has 0 saturated heterocycles. The maximum absolute atomic E-state index is 10.1. The van der Waals surface area contributed by atoms with Crippen LogP contribution >= 0.6 is 0 Å². The third-order valence-corrected chi connectivity index (χ3v) is 1.93. The molecule has 0 aliphatic heterocycles. The summed E-state index contributed by atoms with van der Waals surface area (Å²) in [5.41, 5.74) is 5.18. The van der Waals surface area contributed by atoms with Gasteiger partial charge < -0.3 is 30.9 Å². The van der Waals surface area contributed by atoms with Gasteiger partial charge in [-0.2, -0.15) is 0 Å². The Morgan fingerprint density at radius 3 is 1.37 bits per heavy atom. The summed E-state index contributed by atoms with van der Waals surface area (Å²) in [6, 6.07) is 0. The first kappa shape index (κ1) is 31.6. The van der Waals surface area contributed by atoms with E-state index in [-0.39, 0.29) is 23.3 Å². The number of hydrogen-bond acceptors (Lipinski definition) is 6. The van der Waals surface area contributed by atoms with Crippen LogP contribution in [0.3, 0.4) is 0 Å². The van der Waals surface area contributed by atoms with Gasteiger partial charge in [-0.15, -0.1) is 0 Å². The second-order valence-corrected chi connectivity index (χ2v) is 4.63. The van der Waals surface area contributed by atoms with E-state index in [1.54, 1.807) is 6.92 Å². The number of carbonyl (C=O) groups is 4. The van der Waals surface area contributed by atoms with E-state index in [4.69, 9.17) is 20.4 Å². The Hall–Kier alpha value is -3.14. The number of rotatable bonds is 6. The predicted octanol–water partition coefficient (Wildman–Crippen LogP) is 1.80.